The highest BCUT2D eigenvalue weighted by atomic mass is 127. The summed E-state index contributed by atoms with van der Waals surface area (Å²) in [5.41, 5.74) is 2.64. The fourth-order valence-corrected chi connectivity index (χ4v) is 3.74. The monoisotopic (exact) mass is 544 g/mol. The maximum Gasteiger partial charge on any atom is 0.193 e. The van der Waals surface area contributed by atoms with Crippen LogP contribution in [0.15, 0.2) is 34.4 Å². The number of benzene rings is 1. The minimum Gasteiger partial charge on any atom is -0.357 e. The van der Waals surface area contributed by atoms with Crippen molar-refractivity contribution in [3.8, 4) is 0 Å². The maximum atomic E-state index is 4.84. The molecule has 0 aliphatic carbocycles. The van der Waals surface area contributed by atoms with Crippen LogP contribution in [-0.4, -0.2) is 52.0 Å². The Hall–Kier alpha value is -1.29. The summed E-state index contributed by atoms with van der Waals surface area (Å²) in [6.45, 7) is 12.2. The van der Waals surface area contributed by atoms with E-state index >= 15 is 0 Å². The molecule has 0 aliphatic rings. The zero-order valence-electron chi connectivity index (χ0n) is 19.2. The van der Waals surface area contributed by atoms with Crippen LogP contribution in [0.2, 0.25) is 0 Å². The summed E-state index contributed by atoms with van der Waals surface area (Å²) in [6.07, 6.45) is 3.91. The predicted octanol–water partition coefficient (Wildman–Crippen LogP) is 4.61. The summed E-state index contributed by atoms with van der Waals surface area (Å²) >= 11 is 1.66. The summed E-state index contributed by atoms with van der Waals surface area (Å²) in [4.78, 5) is 7.03. The number of rotatable bonds is 10. The molecule has 2 rings (SSSR count). The van der Waals surface area contributed by atoms with E-state index < -0.39 is 0 Å². The molecule has 6 nitrogen and oxygen atoms in total. The molecule has 0 saturated carbocycles. The first-order chi connectivity index (χ1) is 14.0. The summed E-state index contributed by atoms with van der Waals surface area (Å²) in [7, 11) is 2.10. The standard InChI is InChI=1S/C22H36N6S.HI/c1-7-23-21(27(5)16-19-12-9-8-11-18(19)4)24-14-10-13-20-25-26-22(29-6)28(20)15-17(2)3;/h8-9,11-12,17H,7,10,13-16H2,1-6H3,(H,23,24);1H. The van der Waals surface area contributed by atoms with Gasteiger partial charge in [-0.1, -0.05) is 49.9 Å². The number of aromatic nitrogens is 3. The van der Waals surface area contributed by atoms with Crippen molar-refractivity contribution in [3.05, 3.63) is 41.2 Å². The fourth-order valence-electron chi connectivity index (χ4n) is 3.21. The summed E-state index contributed by atoms with van der Waals surface area (Å²) in [5.74, 6) is 2.59. The van der Waals surface area contributed by atoms with Crippen LogP contribution in [0, 0.1) is 12.8 Å². The summed E-state index contributed by atoms with van der Waals surface area (Å²) in [6, 6.07) is 8.51. The number of guanidine groups is 1. The average Bonchev–Trinajstić information content (AvgIpc) is 3.07. The molecule has 1 aromatic carbocycles. The minimum atomic E-state index is 0. The largest absolute Gasteiger partial charge is 0.357 e. The first kappa shape index (κ1) is 26.7. The van der Waals surface area contributed by atoms with Crippen LogP contribution in [0.1, 0.15) is 44.1 Å². The SMILES string of the molecule is CCNC(=NCCCc1nnc(SC)n1CC(C)C)N(C)Cc1ccccc1C.I. The van der Waals surface area contributed by atoms with Crippen molar-refractivity contribution in [1.29, 1.82) is 0 Å². The van der Waals surface area contributed by atoms with E-state index in [1.54, 1.807) is 11.8 Å². The predicted molar refractivity (Wildman–Crippen MR) is 139 cm³/mol. The Labute approximate surface area is 203 Å². The van der Waals surface area contributed by atoms with Gasteiger partial charge in [0.05, 0.1) is 0 Å². The Kier molecular flexibility index (Phi) is 12.4. The molecule has 0 amide bonds. The number of nitrogens with one attached hydrogen (secondary N) is 1. The molecule has 0 radical (unpaired) electrons. The fraction of sp³-hybridized carbons (Fsp3) is 0.591. The molecule has 1 aromatic heterocycles. The lowest BCUT2D eigenvalue weighted by molar-refractivity contribution is 0.472. The third kappa shape index (κ3) is 8.09. The number of nitrogens with zero attached hydrogens (tertiary/aromatic N) is 5. The van der Waals surface area contributed by atoms with Crippen molar-refractivity contribution in [1.82, 2.24) is 25.0 Å². The second-order valence-electron chi connectivity index (χ2n) is 7.73. The second-order valence-corrected chi connectivity index (χ2v) is 8.50. The van der Waals surface area contributed by atoms with E-state index in [-0.39, 0.29) is 24.0 Å². The molecule has 8 heteroatoms. The molecular formula is C22H37IN6S. The lowest BCUT2D eigenvalue weighted by Crippen LogP contribution is -2.38. The van der Waals surface area contributed by atoms with Crippen LogP contribution in [0.4, 0.5) is 0 Å². The van der Waals surface area contributed by atoms with E-state index in [1.165, 1.54) is 11.1 Å². The van der Waals surface area contributed by atoms with Crippen molar-refractivity contribution in [3.63, 3.8) is 0 Å². The normalized spacial score (nSPS) is 11.5. The Bertz CT molecular complexity index is 790. The highest BCUT2D eigenvalue weighted by Gasteiger charge is 2.12. The molecule has 0 spiro atoms. The number of thioether (sulfide) groups is 1. The van der Waals surface area contributed by atoms with Crippen LogP contribution in [0.3, 0.4) is 0 Å². The summed E-state index contributed by atoms with van der Waals surface area (Å²) < 4.78 is 2.26. The van der Waals surface area contributed by atoms with Crippen LogP contribution in [-0.2, 0) is 19.5 Å². The topological polar surface area (TPSA) is 58.3 Å². The number of aliphatic imine (C=N–C) groups is 1. The Morgan fingerprint density at radius 3 is 2.63 bits per heavy atom. The van der Waals surface area contributed by atoms with Gasteiger partial charge < -0.3 is 14.8 Å². The molecule has 0 bridgehead atoms. The van der Waals surface area contributed by atoms with E-state index in [9.17, 15) is 0 Å². The van der Waals surface area contributed by atoms with Crippen molar-refractivity contribution >= 4 is 41.7 Å². The van der Waals surface area contributed by atoms with Gasteiger partial charge in [0.1, 0.15) is 5.82 Å². The summed E-state index contributed by atoms with van der Waals surface area (Å²) in [5, 5.41) is 13.2. The average molecular weight is 545 g/mol. The van der Waals surface area contributed by atoms with E-state index in [0.29, 0.717) is 5.92 Å². The van der Waals surface area contributed by atoms with E-state index in [1.807, 2.05) is 0 Å². The highest BCUT2D eigenvalue weighted by Crippen LogP contribution is 2.17. The van der Waals surface area contributed by atoms with Gasteiger partial charge in [0, 0.05) is 39.6 Å². The van der Waals surface area contributed by atoms with E-state index in [0.717, 1.165) is 56.0 Å². The Balaban J connectivity index is 0.00000450. The van der Waals surface area contributed by atoms with Crippen molar-refractivity contribution in [2.45, 2.75) is 58.8 Å². The number of hydrogen-bond donors (Lipinski definition) is 1. The minimum absolute atomic E-state index is 0. The Morgan fingerprint density at radius 2 is 2.00 bits per heavy atom. The zero-order valence-corrected chi connectivity index (χ0v) is 22.3. The quantitative estimate of drug-likeness (QED) is 0.156. The maximum absolute atomic E-state index is 4.84. The Morgan fingerprint density at radius 1 is 1.27 bits per heavy atom. The number of aryl methyl sites for hydroxylation is 2. The molecular weight excluding hydrogens is 507 g/mol. The number of halogens is 1. The molecule has 0 aliphatic heterocycles. The van der Waals surface area contributed by atoms with Gasteiger partial charge in [0.2, 0.25) is 0 Å². The molecule has 2 aromatic rings. The third-order valence-electron chi connectivity index (χ3n) is 4.71. The zero-order chi connectivity index (χ0) is 21.2. The van der Waals surface area contributed by atoms with Gasteiger partial charge in [-0.3, -0.25) is 4.99 Å². The van der Waals surface area contributed by atoms with Gasteiger partial charge in [-0.2, -0.15) is 0 Å². The van der Waals surface area contributed by atoms with Crippen molar-refractivity contribution in [2.24, 2.45) is 10.9 Å². The highest BCUT2D eigenvalue weighted by molar-refractivity contribution is 14.0. The number of hydrogen-bond acceptors (Lipinski definition) is 4. The molecule has 1 heterocycles. The molecule has 0 saturated heterocycles. The van der Waals surface area contributed by atoms with E-state index in [4.69, 9.17) is 4.99 Å². The second kappa shape index (κ2) is 13.9. The van der Waals surface area contributed by atoms with Crippen LogP contribution in [0.5, 0.6) is 0 Å². The lowest BCUT2D eigenvalue weighted by atomic mass is 10.1. The van der Waals surface area contributed by atoms with Gasteiger partial charge in [-0.05, 0) is 43.6 Å². The molecule has 168 valence electrons. The first-order valence-corrected chi connectivity index (χ1v) is 11.7. The smallest absolute Gasteiger partial charge is 0.193 e. The molecule has 0 atom stereocenters. The third-order valence-corrected chi connectivity index (χ3v) is 5.38. The van der Waals surface area contributed by atoms with Gasteiger partial charge >= 0.3 is 0 Å². The van der Waals surface area contributed by atoms with Gasteiger partial charge in [-0.25, -0.2) is 0 Å². The molecule has 1 N–H and O–H groups in total. The van der Waals surface area contributed by atoms with Gasteiger partial charge in [0.25, 0.3) is 0 Å². The van der Waals surface area contributed by atoms with Crippen molar-refractivity contribution < 1.29 is 0 Å². The van der Waals surface area contributed by atoms with Gasteiger partial charge in [-0.15, -0.1) is 34.2 Å². The molecule has 0 fully saturated rings. The molecule has 30 heavy (non-hydrogen) atoms. The lowest BCUT2D eigenvalue weighted by Gasteiger charge is -2.23. The van der Waals surface area contributed by atoms with Gasteiger partial charge in [0.15, 0.2) is 11.1 Å². The van der Waals surface area contributed by atoms with Crippen LogP contribution < -0.4 is 5.32 Å². The van der Waals surface area contributed by atoms with Crippen molar-refractivity contribution in [2.75, 3.05) is 26.4 Å². The van der Waals surface area contributed by atoms with E-state index in [2.05, 4.69) is 90.2 Å². The van der Waals surface area contributed by atoms with Crippen LogP contribution >= 0.6 is 35.7 Å². The van der Waals surface area contributed by atoms with Crippen LogP contribution in [0.25, 0.3) is 0 Å². The first-order valence-electron chi connectivity index (χ1n) is 10.5. The molecule has 0 unspecified atom stereocenters.